The summed E-state index contributed by atoms with van der Waals surface area (Å²) >= 11 is 6.89. The third-order valence-corrected chi connectivity index (χ3v) is 4.18. The van der Waals surface area contributed by atoms with Gasteiger partial charge in [0.25, 0.3) is 0 Å². The van der Waals surface area contributed by atoms with Gasteiger partial charge in [-0.3, -0.25) is 0 Å². The van der Waals surface area contributed by atoms with Gasteiger partial charge in [-0.15, -0.1) is 0 Å². The SMILES string of the molecule is CCC1(CNc2ncc(Br)cc2Br)CC1. The molecule has 15 heavy (non-hydrogen) atoms. The lowest BCUT2D eigenvalue weighted by molar-refractivity contribution is 0.520. The third-order valence-electron chi connectivity index (χ3n) is 3.15. The second-order valence-electron chi connectivity index (χ2n) is 4.19. The molecule has 0 spiro atoms. The third kappa shape index (κ3) is 2.72. The standard InChI is InChI=1S/C11H14Br2N2/c1-2-11(3-4-11)7-15-10-9(13)5-8(12)6-14-10/h5-6H,2-4,7H2,1H3,(H,14,15). The zero-order valence-corrected chi connectivity index (χ0v) is 11.9. The second kappa shape index (κ2) is 4.42. The fraction of sp³-hybridized carbons (Fsp3) is 0.545. The molecule has 0 amide bonds. The Morgan fingerprint density at radius 2 is 2.20 bits per heavy atom. The maximum Gasteiger partial charge on any atom is 0.140 e. The predicted molar refractivity (Wildman–Crippen MR) is 70.1 cm³/mol. The first kappa shape index (κ1) is 11.4. The minimum absolute atomic E-state index is 0.550. The van der Waals surface area contributed by atoms with Gasteiger partial charge in [0.15, 0.2) is 0 Å². The van der Waals surface area contributed by atoms with Crippen LogP contribution in [0.2, 0.25) is 0 Å². The molecule has 0 unspecified atom stereocenters. The first-order valence-corrected chi connectivity index (χ1v) is 6.79. The van der Waals surface area contributed by atoms with Crippen molar-refractivity contribution in [1.82, 2.24) is 4.98 Å². The summed E-state index contributed by atoms with van der Waals surface area (Å²) in [7, 11) is 0. The lowest BCUT2D eigenvalue weighted by Crippen LogP contribution is -2.15. The Kier molecular flexibility index (Phi) is 3.36. The van der Waals surface area contributed by atoms with Gasteiger partial charge in [0.2, 0.25) is 0 Å². The molecule has 1 N–H and O–H groups in total. The second-order valence-corrected chi connectivity index (χ2v) is 5.96. The van der Waals surface area contributed by atoms with E-state index in [4.69, 9.17) is 0 Å². The summed E-state index contributed by atoms with van der Waals surface area (Å²) in [4.78, 5) is 4.34. The molecule has 82 valence electrons. The monoisotopic (exact) mass is 332 g/mol. The van der Waals surface area contributed by atoms with Crippen molar-refractivity contribution in [3.05, 3.63) is 21.2 Å². The molecule has 1 aromatic rings. The van der Waals surface area contributed by atoms with Gasteiger partial charge in [0.1, 0.15) is 5.82 Å². The number of hydrogen-bond donors (Lipinski definition) is 1. The van der Waals surface area contributed by atoms with Crippen LogP contribution in [0.4, 0.5) is 5.82 Å². The highest BCUT2D eigenvalue weighted by molar-refractivity contribution is 9.11. The quantitative estimate of drug-likeness (QED) is 0.892. The molecule has 0 bridgehead atoms. The Bertz CT molecular complexity index is 362. The van der Waals surface area contributed by atoms with E-state index < -0.39 is 0 Å². The lowest BCUT2D eigenvalue weighted by atomic mass is 10.0. The van der Waals surface area contributed by atoms with E-state index in [9.17, 15) is 0 Å². The molecule has 0 radical (unpaired) electrons. The minimum atomic E-state index is 0.550. The average molecular weight is 334 g/mol. The Morgan fingerprint density at radius 3 is 2.73 bits per heavy atom. The molecule has 4 heteroatoms. The van der Waals surface area contributed by atoms with Crippen molar-refractivity contribution in [2.24, 2.45) is 5.41 Å². The maximum absolute atomic E-state index is 4.34. The molecule has 0 aliphatic heterocycles. The maximum atomic E-state index is 4.34. The van der Waals surface area contributed by atoms with Crippen molar-refractivity contribution in [3.8, 4) is 0 Å². The highest BCUT2D eigenvalue weighted by Crippen LogP contribution is 2.48. The van der Waals surface area contributed by atoms with E-state index in [0.29, 0.717) is 5.41 Å². The Labute approximate surface area is 107 Å². The smallest absolute Gasteiger partial charge is 0.140 e. The summed E-state index contributed by atoms with van der Waals surface area (Å²) < 4.78 is 2.01. The molecule has 2 nitrogen and oxygen atoms in total. The summed E-state index contributed by atoms with van der Waals surface area (Å²) in [5.74, 6) is 0.943. The normalized spacial score (nSPS) is 17.5. The molecule has 0 atom stereocenters. The highest BCUT2D eigenvalue weighted by atomic mass is 79.9. The number of hydrogen-bond acceptors (Lipinski definition) is 2. The first-order chi connectivity index (χ1) is 7.15. The summed E-state index contributed by atoms with van der Waals surface area (Å²) in [6.07, 6.45) is 5.78. The van der Waals surface area contributed by atoms with Crippen molar-refractivity contribution in [3.63, 3.8) is 0 Å². The number of anilines is 1. The molecule has 0 aromatic carbocycles. The van der Waals surface area contributed by atoms with Crippen LogP contribution < -0.4 is 5.32 Å². The number of rotatable bonds is 4. The van der Waals surface area contributed by atoms with E-state index in [1.54, 1.807) is 0 Å². The summed E-state index contributed by atoms with van der Waals surface area (Å²) in [6, 6.07) is 2.01. The van der Waals surface area contributed by atoms with Gasteiger partial charge >= 0.3 is 0 Å². The first-order valence-electron chi connectivity index (χ1n) is 5.20. The molecule has 0 saturated heterocycles. The zero-order chi connectivity index (χ0) is 10.9. The fourth-order valence-corrected chi connectivity index (χ4v) is 2.78. The summed E-state index contributed by atoms with van der Waals surface area (Å²) in [6.45, 7) is 3.30. The number of aromatic nitrogens is 1. The van der Waals surface area contributed by atoms with E-state index in [1.165, 1.54) is 19.3 Å². The van der Waals surface area contributed by atoms with E-state index in [0.717, 1.165) is 21.3 Å². The molecule has 1 heterocycles. The molecular weight excluding hydrogens is 320 g/mol. The van der Waals surface area contributed by atoms with Gasteiger partial charge in [-0.1, -0.05) is 6.92 Å². The van der Waals surface area contributed by atoms with Crippen LogP contribution in [0.25, 0.3) is 0 Å². The summed E-state index contributed by atoms with van der Waals surface area (Å²) in [5, 5.41) is 3.42. The van der Waals surface area contributed by atoms with Gasteiger partial charge < -0.3 is 5.32 Å². The highest BCUT2D eigenvalue weighted by Gasteiger charge is 2.40. The number of nitrogens with zero attached hydrogens (tertiary/aromatic N) is 1. The fourth-order valence-electron chi connectivity index (χ4n) is 1.65. The van der Waals surface area contributed by atoms with Crippen molar-refractivity contribution in [2.45, 2.75) is 26.2 Å². The zero-order valence-electron chi connectivity index (χ0n) is 8.69. The molecule has 1 aromatic heterocycles. The van der Waals surface area contributed by atoms with E-state index >= 15 is 0 Å². The minimum Gasteiger partial charge on any atom is -0.369 e. The molecule has 2 rings (SSSR count). The van der Waals surface area contributed by atoms with Crippen molar-refractivity contribution < 1.29 is 0 Å². The van der Waals surface area contributed by atoms with Crippen molar-refractivity contribution in [1.29, 1.82) is 0 Å². The molecular formula is C11H14Br2N2. The van der Waals surface area contributed by atoms with Crippen molar-refractivity contribution in [2.75, 3.05) is 11.9 Å². The van der Waals surface area contributed by atoms with E-state index in [-0.39, 0.29) is 0 Å². The van der Waals surface area contributed by atoms with Crippen molar-refractivity contribution >= 4 is 37.7 Å². The molecule has 1 aliphatic carbocycles. The Balaban J connectivity index is 1.99. The lowest BCUT2D eigenvalue weighted by Gasteiger charge is -2.14. The van der Waals surface area contributed by atoms with E-state index in [2.05, 4.69) is 49.1 Å². The van der Waals surface area contributed by atoms with Crippen LogP contribution in [0, 0.1) is 5.41 Å². The average Bonchev–Trinajstić information content (AvgIpc) is 2.97. The largest absolute Gasteiger partial charge is 0.369 e. The van der Waals surface area contributed by atoms with Crippen LogP contribution >= 0.6 is 31.9 Å². The van der Waals surface area contributed by atoms with Gasteiger partial charge in [0, 0.05) is 17.2 Å². The Hall–Kier alpha value is -0.0900. The van der Waals surface area contributed by atoms with Crippen LogP contribution in [0.15, 0.2) is 21.2 Å². The molecule has 1 aliphatic rings. The molecule has 1 saturated carbocycles. The number of pyridine rings is 1. The number of nitrogens with one attached hydrogen (secondary N) is 1. The van der Waals surface area contributed by atoms with Crippen LogP contribution in [0.3, 0.4) is 0 Å². The van der Waals surface area contributed by atoms with Crippen LogP contribution in [-0.4, -0.2) is 11.5 Å². The van der Waals surface area contributed by atoms with Gasteiger partial charge in [-0.2, -0.15) is 0 Å². The van der Waals surface area contributed by atoms with Gasteiger partial charge in [-0.05, 0) is 62.6 Å². The van der Waals surface area contributed by atoms with Gasteiger partial charge in [-0.25, -0.2) is 4.98 Å². The predicted octanol–water partition coefficient (Wildman–Crippen LogP) is 4.21. The molecule has 1 fully saturated rings. The van der Waals surface area contributed by atoms with E-state index in [1.807, 2.05) is 12.3 Å². The summed E-state index contributed by atoms with van der Waals surface area (Å²) in [5.41, 5.74) is 0.550. The van der Waals surface area contributed by atoms with Crippen LogP contribution in [0.1, 0.15) is 26.2 Å². The Morgan fingerprint density at radius 1 is 1.47 bits per heavy atom. The van der Waals surface area contributed by atoms with Gasteiger partial charge in [0.05, 0.1) is 4.47 Å². The topological polar surface area (TPSA) is 24.9 Å². The van der Waals surface area contributed by atoms with Crippen LogP contribution in [-0.2, 0) is 0 Å². The number of halogens is 2. The van der Waals surface area contributed by atoms with Crippen LogP contribution in [0.5, 0.6) is 0 Å².